The van der Waals surface area contributed by atoms with Gasteiger partial charge in [-0.05, 0) is 55.6 Å². The molecule has 2 N–H and O–H groups in total. The summed E-state index contributed by atoms with van der Waals surface area (Å²) in [6.07, 6.45) is 0. The molecule has 0 atom stereocenters. The number of likely N-dealkylation sites (N-methyl/N-ethyl adjacent to an activating group) is 1. The first-order chi connectivity index (χ1) is 12.5. The first-order valence-electron chi connectivity index (χ1n) is 8.71. The molecule has 0 aliphatic carbocycles. The molecule has 0 radical (unpaired) electrons. The van der Waals surface area contributed by atoms with E-state index in [1.54, 1.807) is 48.5 Å². The number of nitrogens with one attached hydrogen (secondary N) is 2. The number of rotatable bonds is 8. The Bertz CT molecular complexity index is 743. The van der Waals surface area contributed by atoms with Gasteiger partial charge in [0.1, 0.15) is 0 Å². The molecule has 2 amide bonds. The highest BCUT2D eigenvalue weighted by atomic mass is 35.5. The number of hydrogen-bond acceptors (Lipinski definition) is 3. The van der Waals surface area contributed by atoms with Crippen LogP contribution in [-0.2, 0) is 0 Å². The van der Waals surface area contributed by atoms with Gasteiger partial charge in [-0.15, -0.1) is 0 Å². The lowest BCUT2D eigenvalue weighted by Crippen LogP contribution is -2.34. The fraction of sp³-hybridized carbons (Fsp3) is 0.300. The Hall–Kier alpha value is -2.37. The molecular formula is C20H24ClN3O2. The summed E-state index contributed by atoms with van der Waals surface area (Å²) in [5.74, 6) is -0.367. The van der Waals surface area contributed by atoms with Crippen LogP contribution in [0.3, 0.4) is 0 Å². The average Bonchev–Trinajstić information content (AvgIpc) is 2.65. The van der Waals surface area contributed by atoms with Gasteiger partial charge in [0.25, 0.3) is 11.8 Å². The second kappa shape index (κ2) is 9.94. The zero-order valence-corrected chi connectivity index (χ0v) is 15.8. The minimum absolute atomic E-state index is 0.120. The predicted molar refractivity (Wildman–Crippen MR) is 106 cm³/mol. The zero-order chi connectivity index (χ0) is 18.9. The Kier molecular flexibility index (Phi) is 7.63. The monoisotopic (exact) mass is 373 g/mol. The maximum Gasteiger partial charge on any atom is 0.255 e. The number of hydrogen-bond donors (Lipinski definition) is 2. The maximum absolute atomic E-state index is 12.2. The number of carbonyl (C=O) groups excluding carboxylic acids is 2. The summed E-state index contributed by atoms with van der Waals surface area (Å²) in [4.78, 5) is 26.6. The fourth-order valence-corrected chi connectivity index (χ4v) is 2.70. The Balaban J connectivity index is 1.89. The van der Waals surface area contributed by atoms with Crippen LogP contribution >= 0.6 is 11.6 Å². The molecule has 0 aliphatic rings. The van der Waals surface area contributed by atoms with Crippen molar-refractivity contribution < 1.29 is 9.59 Å². The third-order valence-electron chi connectivity index (χ3n) is 4.10. The fourth-order valence-electron chi connectivity index (χ4n) is 2.51. The van der Waals surface area contributed by atoms with Crippen molar-refractivity contribution in [3.8, 4) is 0 Å². The summed E-state index contributed by atoms with van der Waals surface area (Å²) in [5, 5.41) is 6.21. The van der Waals surface area contributed by atoms with Gasteiger partial charge >= 0.3 is 0 Å². The molecular weight excluding hydrogens is 350 g/mol. The van der Waals surface area contributed by atoms with Gasteiger partial charge in [-0.1, -0.05) is 31.5 Å². The topological polar surface area (TPSA) is 61.4 Å². The average molecular weight is 374 g/mol. The Labute approximate surface area is 159 Å². The number of halogens is 1. The molecule has 0 saturated carbocycles. The number of carbonyl (C=O) groups is 2. The molecule has 0 heterocycles. The number of nitrogens with zero attached hydrogens (tertiary/aromatic N) is 1. The highest BCUT2D eigenvalue weighted by Crippen LogP contribution is 2.14. The molecule has 0 aromatic heterocycles. The van der Waals surface area contributed by atoms with Gasteiger partial charge in [0.05, 0.1) is 0 Å². The van der Waals surface area contributed by atoms with Crippen molar-refractivity contribution in [2.24, 2.45) is 0 Å². The predicted octanol–water partition coefficient (Wildman–Crippen LogP) is 3.66. The second-order valence-electron chi connectivity index (χ2n) is 5.82. The summed E-state index contributed by atoms with van der Waals surface area (Å²) < 4.78 is 0. The van der Waals surface area contributed by atoms with Gasteiger partial charge in [-0.25, -0.2) is 0 Å². The quantitative estimate of drug-likeness (QED) is 0.742. The van der Waals surface area contributed by atoms with E-state index in [9.17, 15) is 9.59 Å². The maximum atomic E-state index is 12.2. The summed E-state index contributed by atoms with van der Waals surface area (Å²) in [5.41, 5.74) is 1.66. The van der Waals surface area contributed by atoms with Crippen LogP contribution in [0.1, 0.15) is 34.6 Å². The van der Waals surface area contributed by atoms with Crippen LogP contribution in [0, 0.1) is 0 Å². The van der Waals surface area contributed by atoms with Gasteiger partial charge < -0.3 is 15.5 Å². The van der Waals surface area contributed by atoms with E-state index in [1.807, 2.05) is 0 Å². The molecule has 5 nitrogen and oxygen atoms in total. The third-order valence-corrected chi connectivity index (χ3v) is 4.33. The van der Waals surface area contributed by atoms with Crippen LogP contribution in [0.15, 0.2) is 48.5 Å². The summed E-state index contributed by atoms with van der Waals surface area (Å²) in [6.45, 7) is 7.56. The number of benzene rings is 2. The molecule has 2 aromatic carbocycles. The van der Waals surface area contributed by atoms with E-state index >= 15 is 0 Å². The molecule has 0 saturated heterocycles. The lowest BCUT2D eigenvalue weighted by atomic mass is 10.1. The summed E-state index contributed by atoms with van der Waals surface area (Å²) in [7, 11) is 0. The Morgan fingerprint density at radius 2 is 1.65 bits per heavy atom. The molecule has 26 heavy (non-hydrogen) atoms. The van der Waals surface area contributed by atoms with E-state index < -0.39 is 0 Å². The molecule has 2 rings (SSSR count). The number of amides is 2. The Morgan fingerprint density at radius 3 is 2.27 bits per heavy atom. The van der Waals surface area contributed by atoms with Gasteiger partial charge in [0.15, 0.2) is 0 Å². The number of anilines is 1. The van der Waals surface area contributed by atoms with Crippen molar-refractivity contribution in [2.75, 3.05) is 31.5 Å². The highest BCUT2D eigenvalue weighted by Gasteiger charge is 2.09. The van der Waals surface area contributed by atoms with Crippen LogP contribution in [-0.4, -0.2) is 42.9 Å². The molecule has 0 unspecified atom stereocenters. The lowest BCUT2D eigenvalue weighted by Gasteiger charge is -2.18. The summed E-state index contributed by atoms with van der Waals surface area (Å²) in [6, 6.07) is 13.5. The first kappa shape index (κ1) is 19.9. The standard InChI is InChI=1S/C20H24ClN3O2/c1-3-24(4-2)13-12-22-19(25)15-8-10-18(11-9-15)23-20(26)16-6-5-7-17(21)14-16/h5-11,14H,3-4,12-13H2,1-2H3,(H,22,25)(H,23,26). The van der Waals surface area contributed by atoms with E-state index in [4.69, 9.17) is 11.6 Å². The molecule has 0 aliphatic heterocycles. The smallest absolute Gasteiger partial charge is 0.255 e. The van der Waals surface area contributed by atoms with Crippen LogP contribution in [0.2, 0.25) is 5.02 Å². The van der Waals surface area contributed by atoms with Crippen LogP contribution in [0.4, 0.5) is 5.69 Å². The normalized spacial score (nSPS) is 10.6. The molecule has 6 heteroatoms. The van der Waals surface area contributed by atoms with E-state index in [-0.39, 0.29) is 11.8 Å². The van der Waals surface area contributed by atoms with E-state index in [2.05, 4.69) is 29.4 Å². The van der Waals surface area contributed by atoms with Crippen molar-refractivity contribution >= 4 is 29.1 Å². The molecule has 138 valence electrons. The summed E-state index contributed by atoms with van der Waals surface area (Å²) >= 11 is 5.90. The van der Waals surface area contributed by atoms with Crippen molar-refractivity contribution in [1.29, 1.82) is 0 Å². The lowest BCUT2D eigenvalue weighted by molar-refractivity contribution is 0.0948. The highest BCUT2D eigenvalue weighted by molar-refractivity contribution is 6.31. The SMILES string of the molecule is CCN(CC)CCNC(=O)c1ccc(NC(=O)c2cccc(Cl)c2)cc1. The van der Waals surface area contributed by atoms with Crippen molar-refractivity contribution in [1.82, 2.24) is 10.2 Å². The largest absolute Gasteiger partial charge is 0.351 e. The van der Waals surface area contributed by atoms with Crippen molar-refractivity contribution in [3.63, 3.8) is 0 Å². The van der Waals surface area contributed by atoms with Gasteiger partial charge in [0.2, 0.25) is 0 Å². The van der Waals surface area contributed by atoms with Gasteiger partial charge in [-0.3, -0.25) is 9.59 Å². The van der Waals surface area contributed by atoms with Crippen LogP contribution in [0.25, 0.3) is 0 Å². The van der Waals surface area contributed by atoms with Crippen molar-refractivity contribution in [2.45, 2.75) is 13.8 Å². The molecule has 2 aromatic rings. The zero-order valence-electron chi connectivity index (χ0n) is 15.1. The minimum Gasteiger partial charge on any atom is -0.351 e. The van der Waals surface area contributed by atoms with Crippen LogP contribution in [0.5, 0.6) is 0 Å². The molecule has 0 fully saturated rings. The van der Waals surface area contributed by atoms with Gasteiger partial charge in [0, 0.05) is 34.9 Å². The van der Waals surface area contributed by atoms with E-state index in [0.29, 0.717) is 28.4 Å². The first-order valence-corrected chi connectivity index (χ1v) is 9.08. The third kappa shape index (κ3) is 5.86. The van der Waals surface area contributed by atoms with Crippen LogP contribution < -0.4 is 10.6 Å². The molecule has 0 spiro atoms. The Morgan fingerprint density at radius 1 is 0.962 bits per heavy atom. The van der Waals surface area contributed by atoms with E-state index in [0.717, 1.165) is 19.6 Å². The van der Waals surface area contributed by atoms with Gasteiger partial charge in [-0.2, -0.15) is 0 Å². The second-order valence-corrected chi connectivity index (χ2v) is 6.26. The minimum atomic E-state index is -0.246. The van der Waals surface area contributed by atoms with E-state index in [1.165, 1.54) is 0 Å². The van der Waals surface area contributed by atoms with Crippen molar-refractivity contribution in [3.05, 3.63) is 64.7 Å². The molecule has 0 bridgehead atoms.